The van der Waals surface area contributed by atoms with Crippen LogP contribution in [0.15, 0.2) is 0 Å². The van der Waals surface area contributed by atoms with E-state index in [1.165, 1.54) is 25.7 Å². The van der Waals surface area contributed by atoms with Crippen molar-refractivity contribution < 1.29 is 0 Å². The molecule has 1 aliphatic rings. The maximum atomic E-state index is 2.72. The van der Waals surface area contributed by atoms with Gasteiger partial charge in [-0.05, 0) is 44.5 Å². The van der Waals surface area contributed by atoms with Gasteiger partial charge in [-0.2, -0.15) is 0 Å². The molecule has 0 spiro atoms. The van der Waals surface area contributed by atoms with Gasteiger partial charge < -0.3 is 0 Å². The molecule has 1 nitrogen and oxygen atoms in total. The first kappa shape index (κ1) is 15.4. The van der Waals surface area contributed by atoms with Crippen LogP contribution in [0.4, 0.5) is 0 Å². The molecule has 0 aliphatic carbocycles. The fourth-order valence-electron chi connectivity index (χ4n) is 2.76. The molecule has 3 heteroatoms. The van der Waals surface area contributed by atoms with Gasteiger partial charge in [0.25, 0.3) is 0 Å². The van der Waals surface area contributed by atoms with Gasteiger partial charge in [0.2, 0.25) is 5.99 Å². The van der Waals surface area contributed by atoms with Crippen molar-refractivity contribution in [3.8, 4) is 0 Å². The van der Waals surface area contributed by atoms with Crippen LogP contribution < -0.4 is 0 Å². The van der Waals surface area contributed by atoms with Gasteiger partial charge in [0, 0.05) is 5.54 Å². The molecule has 17 heavy (non-hydrogen) atoms. The van der Waals surface area contributed by atoms with E-state index in [0.29, 0.717) is 11.0 Å². The molecule has 0 aromatic rings. The van der Waals surface area contributed by atoms with Crippen LogP contribution in [0.5, 0.6) is 0 Å². The maximum absolute atomic E-state index is 2.72. The first-order valence-corrected chi connectivity index (χ1v) is 8.30. The summed E-state index contributed by atoms with van der Waals surface area (Å²) in [7, 11) is 0. The molecular weight excluding hydrogens is 225 g/mol. The predicted molar refractivity (Wildman–Crippen MR) is 83.2 cm³/mol. The smallest absolute Gasteiger partial charge is 0.211 e. The lowest BCUT2D eigenvalue weighted by atomic mass is 9.62. The monoisotopic (exact) mass is 255 g/mol. The SMILES string of the molecule is CSB1CCN(C(C)(C)C(C)(C)C(C)C)CC1. The van der Waals surface area contributed by atoms with Crippen molar-refractivity contribution in [1.29, 1.82) is 0 Å². The molecular formula is C14H30BNS. The average molecular weight is 255 g/mol. The summed E-state index contributed by atoms with van der Waals surface area (Å²) in [5, 5.41) is 0. The number of hydrogen-bond donors (Lipinski definition) is 0. The summed E-state index contributed by atoms with van der Waals surface area (Å²) in [6, 6.07) is 0. The minimum atomic E-state index is 0.296. The Balaban J connectivity index is 2.72. The average Bonchev–Trinajstić information content (AvgIpc) is 2.28. The third-order valence-corrected chi connectivity index (χ3v) is 6.72. The molecule has 100 valence electrons. The Morgan fingerprint density at radius 1 is 1.06 bits per heavy atom. The summed E-state index contributed by atoms with van der Waals surface area (Å²) in [6.07, 6.45) is 4.97. The highest BCUT2D eigenvalue weighted by Gasteiger charge is 2.44. The second-order valence-electron chi connectivity index (χ2n) is 6.86. The molecule has 0 saturated carbocycles. The molecule has 0 N–H and O–H groups in total. The minimum Gasteiger partial charge on any atom is -0.299 e. The third-order valence-electron chi connectivity index (χ3n) is 5.59. The molecule has 1 saturated heterocycles. The van der Waals surface area contributed by atoms with Crippen LogP contribution in [0, 0.1) is 11.3 Å². The van der Waals surface area contributed by atoms with Gasteiger partial charge in [0.1, 0.15) is 0 Å². The highest BCUT2D eigenvalue weighted by molar-refractivity contribution is 8.25. The summed E-state index contributed by atoms with van der Waals surface area (Å²) >= 11 is 2.05. The molecule has 0 aromatic heterocycles. The molecule has 1 fully saturated rings. The Morgan fingerprint density at radius 2 is 1.53 bits per heavy atom. The first-order chi connectivity index (χ1) is 7.73. The van der Waals surface area contributed by atoms with Gasteiger partial charge in [0.15, 0.2) is 0 Å². The van der Waals surface area contributed by atoms with E-state index in [4.69, 9.17) is 0 Å². The van der Waals surface area contributed by atoms with E-state index < -0.39 is 0 Å². The zero-order valence-electron chi connectivity index (χ0n) is 12.8. The zero-order valence-corrected chi connectivity index (χ0v) is 13.7. The number of nitrogens with zero attached hydrogens (tertiary/aromatic N) is 1. The van der Waals surface area contributed by atoms with Gasteiger partial charge in [-0.15, -0.1) is 0 Å². The van der Waals surface area contributed by atoms with E-state index in [0.717, 1.165) is 11.9 Å². The second-order valence-corrected chi connectivity index (χ2v) is 8.00. The summed E-state index contributed by atoms with van der Waals surface area (Å²) in [5.74, 6) is 1.61. The Hall–Kier alpha value is 0.375. The summed E-state index contributed by atoms with van der Waals surface area (Å²) in [4.78, 5) is 2.72. The first-order valence-electron chi connectivity index (χ1n) is 7.01. The van der Waals surface area contributed by atoms with Crippen molar-refractivity contribution in [3.63, 3.8) is 0 Å². The lowest BCUT2D eigenvalue weighted by Crippen LogP contribution is -2.58. The molecule has 0 unspecified atom stereocenters. The molecule has 0 radical (unpaired) electrons. The van der Waals surface area contributed by atoms with Crippen LogP contribution >= 0.6 is 11.6 Å². The third kappa shape index (κ3) is 3.04. The lowest BCUT2D eigenvalue weighted by Gasteiger charge is -2.53. The largest absolute Gasteiger partial charge is 0.299 e. The standard InChI is InChI=1S/C14H30BNS/c1-12(2)13(3,4)14(5,6)16-10-8-15(17-7)9-11-16/h12H,8-11H2,1-7H3. The van der Waals surface area contributed by atoms with Crippen LogP contribution in [-0.4, -0.2) is 35.8 Å². The highest BCUT2D eigenvalue weighted by atomic mass is 32.2. The Kier molecular flexibility index (Phi) is 5.05. The van der Waals surface area contributed by atoms with Gasteiger partial charge in [-0.1, -0.05) is 40.3 Å². The van der Waals surface area contributed by atoms with E-state index >= 15 is 0 Å². The summed E-state index contributed by atoms with van der Waals surface area (Å²) in [5.41, 5.74) is 0.656. The fraction of sp³-hybridized carbons (Fsp3) is 1.00. The quantitative estimate of drug-likeness (QED) is 0.695. The van der Waals surface area contributed by atoms with Crippen LogP contribution in [0.3, 0.4) is 0 Å². The number of rotatable bonds is 4. The van der Waals surface area contributed by atoms with Crippen molar-refractivity contribution in [2.75, 3.05) is 19.3 Å². The van der Waals surface area contributed by atoms with Gasteiger partial charge in [-0.25, -0.2) is 11.6 Å². The molecule has 0 aromatic carbocycles. The molecule has 1 aliphatic heterocycles. The van der Waals surface area contributed by atoms with Gasteiger partial charge in [0.05, 0.1) is 0 Å². The predicted octanol–water partition coefficient (Wildman–Crippen LogP) is 4.12. The summed E-state index contributed by atoms with van der Waals surface area (Å²) in [6.45, 7) is 17.0. The molecule has 0 bridgehead atoms. The molecule has 0 atom stereocenters. The Morgan fingerprint density at radius 3 is 1.88 bits per heavy atom. The molecule has 1 heterocycles. The van der Waals surface area contributed by atoms with E-state index in [2.05, 4.69) is 52.7 Å². The van der Waals surface area contributed by atoms with Crippen LogP contribution in [0.25, 0.3) is 0 Å². The van der Waals surface area contributed by atoms with Crippen molar-refractivity contribution in [2.45, 2.75) is 59.7 Å². The topological polar surface area (TPSA) is 3.24 Å². The van der Waals surface area contributed by atoms with Gasteiger partial charge in [-0.3, -0.25) is 4.90 Å². The maximum Gasteiger partial charge on any atom is 0.211 e. The normalized spacial score (nSPS) is 20.1. The van der Waals surface area contributed by atoms with Crippen molar-refractivity contribution in [3.05, 3.63) is 0 Å². The fourth-order valence-corrected chi connectivity index (χ4v) is 3.45. The number of hydrogen-bond acceptors (Lipinski definition) is 2. The van der Waals surface area contributed by atoms with Crippen LogP contribution in [0.1, 0.15) is 41.5 Å². The Bertz CT molecular complexity index is 243. The lowest BCUT2D eigenvalue weighted by molar-refractivity contribution is -0.0138. The van der Waals surface area contributed by atoms with Crippen molar-refractivity contribution in [2.24, 2.45) is 11.3 Å². The van der Waals surface area contributed by atoms with E-state index in [1.54, 1.807) is 0 Å². The Labute approximate surface area is 113 Å². The highest BCUT2D eigenvalue weighted by Crippen LogP contribution is 2.43. The van der Waals surface area contributed by atoms with E-state index in [1.807, 2.05) is 11.6 Å². The minimum absolute atomic E-state index is 0.296. The second kappa shape index (κ2) is 5.56. The van der Waals surface area contributed by atoms with Crippen molar-refractivity contribution in [1.82, 2.24) is 4.90 Å². The molecule has 1 rings (SSSR count). The van der Waals surface area contributed by atoms with E-state index in [-0.39, 0.29) is 0 Å². The summed E-state index contributed by atoms with van der Waals surface area (Å²) < 4.78 is 0. The zero-order chi connectivity index (χ0) is 13.3. The van der Waals surface area contributed by atoms with E-state index in [9.17, 15) is 0 Å². The van der Waals surface area contributed by atoms with Gasteiger partial charge >= 0.3 is 0 Å². The van der Waals surface area contributed by atoms with Crippen LogP contribution in [-0.2, 0) is 0 Å². The molecule has 0 amide bonds. The van der Waals surface area contributed by atoms with Crippen LogP contribution in [0.2, 0.25) is 12.6 Å². The van der Waals surface area contributed by atoms with Crippen molar-refractivity contribution >= 4 is 17.6 Å².